The monoisotopic (exact) mass is 242 g/mol. The first kappa shape index (κ1) is 14.0. The molecule has 0 aromatic rings. The number of carbonyl (C=O) groups excluding carboxylic acids is 2. The van der Waals surface area contributed by atoms with Crippen LogP contribution in [0.5, 0.6) is 0 Å². The molecule has 1 heterocycles. The lowest BCUT2D eigenvalue weighted by Gasteiger charge is -2.29. The zero-order chi connectivity index (χ0) is 12.8. The van der Waals surface area contributed by atoms with Gasteiger partial charge in [0.15, 0.2) is 0 Å². The number of piperidine rings is 1. The molecule has 0 aromatic carbocycles. The molecule has 1 rings (SSSR count). The maximum atomic E-state index is 12.0. The Morgan fingerprint density at radius 1 is 1.18 bits per heavy atom. The normalized spacial score (nSPS) is 19.6. The Morgan fingerprint density at radius 2 is 1.76 bits per heavy atom. The Morgan fingerprint density at radius 3 is 2.29 bits per heavy atom. The SMILES string of the molecule is COC(C)C(=O)NC(C)C(=O)N1CCCCC1. The van der Waals surface area contributed by atoms with Crippen LogP contribution in [0.4, 0.5) is 0 Å². The van der Waals surface area contributed by atoms with Crippen LogP contribution in [0.2, 0.25) is 0 Å². The van der Waals surface area contributed by atoms with E-state index in [-0.39, 0.29) is 11.8 Å². The summed E-state index contributed by atoms with van der Waals surface area (Å²) in [5.41, 5.74) is 0. The van der Waals surface area contributed by atoms with Gasteiger partial charge in [-0.25, -0.2) is 0 Å². The number of hydrogen-bond acceptors (Lipinski definition) is 3. The van der Waals surface area contributed by atoms with Gasteiger partial charge >= 0.3 is 0 Å². The summed E-state index contributed by atoms with van der Waals surface area (Å²) in [6, 6.07) is -0.474. The Bertz CT molecular complexity index is 275. The quantitative estimate of drug-likeness (QED) is 0.782. The van der Waals surface area contributed by atoms with Gasteiger partial charge < -0.3 is 15.0 Å². The lowest BCUT2D eigenvalue weighted by atomic mass is 10.1. The summed E-state index contributed by atoms with van der Waals surface area (Å²) in [6.45, 7) is 4.99. The molecule has 2 unspecified atom stereocenters. The number of rotatable bonds is 4. The van der Waals surface area contributed by atoms with Crippen molar-refractivity contribution < 1.29 is 14.3 Å². The zero-order valence-electron chi connectivity index (χ0n) is 10.9. The van der Waals surface area contributed by atoms with E-state index in [1.165, 1.54) is 13.5 Å². The highest BCUT2D eigenvalue weighted by atomic mass is 16.5. The summed E-state index contributed by atoms with van der Waals surface area (Å²) in [6.07, 6.45) is 2.78. The van der Waals surface area contributed by atoms with Gasteiger partial charge in [-0.1, -0.05) is 0 Å². The third-order valence-electron chi connectivity index (χ3n) is 3.12. The molecule has 1 aliphatic heterocycles. The van der Waals surface area contributed by atoms with Crippen molar-refractivity contribution in [3.8, 4) is 0 Å². The van der Waals surface area contributed by atoms with Crippen LogP contribution in [-0.4, -0.2) is 49.1 Å². The van der Waals surface area contributed by atoms with Crippen LogP contribution >= 0.6 is 0 Å². The molecule has 1 N–H and O–H groups in total. The van der Waals surface area contributed by atoms with Crippen LogP contribution in [-0.2, 0) is 14.3 Å². The Hall–Kier alpha value is -1.10. The van der Waals surface area contributed by atoms with Gasteiger partial charge in [-0.05, 0) is 33.1 Å². The zero-order valence-corrected chi connectivity index (χ0v) is 10.9. The lowest BCUT2D eigenvalue weighted by molar-refractivity contribution is -0.139. The van der Waals surface area contributed by atoms with Crippen LogP contribution < -0.4 is 5.32 Å². The summed E-state index contributed by atoms with van der Waals surface area (Å²) in [4.78, 5) is 25.4. The fourth-order valence-electron chi connectivity index (χ4n) is 1.89. The molecule has 0 radical (unpaired) electrons. The van der Waals surface area contributed by atoms with Gasteiger partial charge in [-0.2, -0.15) is 0 Å². The topological polar surface area (TPSA) is 58.6 Å². The maximum absolute atomic E-state index is 12.0. The van der Waals surface area contributed by atoms with Gasteiger partial charge in [0.05, 0.1) is 0 Å². The number of methoxy groups -OCH3 is 1. The molecule has 98 valence electrons. The van der Waals surface area contributed by atoms with Gasteiger partial charge in [0, 0.05) is 20.2 Å². The van der Waals surface area contributed by atoms with Crippen molar-refractivity contribution in [2.75, 3.05) is 20.2 Å². The Labute approximate surface area is 102 Å². The van der Waals surface area contributed by atoms with Gasteiger partial charge in [0.25, 0.3) is 0 Å². The molecule has 1 aliphatic rings. The molecule has 5 heteroatoms. The van der Waals surface area contributed by atoms with Crippen molar-refractivity contribution in [3.63, 3.8) is 0 Å². The van der Waals surface area contributed by atoms with Crippen molar-refractivity contribution in [3.05, 3.63) is 0 Å². The molecule has 0 aliphatic carbocycles. The smallest absolute Gasteiger partial charge is 0.249 e. The third kappa shape index (κ3) is 4.00. The average Bonchev–Trinajstić information content (AvgIpc) is 2.37. The summed E-state index contributed by atoms with van der Waals surface area (Å²) < 4.78 is 4.90. The van der Waals surface area contributed by atoms with E-state index in [0.29, 0.717) is 0 Å². The molecule has 1 fully saturated rings. The molecular weight excluding hydrogens is 220 g/mol. The van der Waals surface area contributed by atoms with Crippen LogP contribution in [0.15, 0.2) is 0 Å². The summed E-state index contributed by atoms with van der Waals surface area (Å²) in [5, 5.41) is 2.67. The number of hydrogen-bond donors (Lipinski definition) is 1. The molecule has 0 spiro atoms. The minimum absolute atomic E-state index is 0.00125. The predicted octanol–water partition coefficient (Wildman–Crippen LogP) is 0.538. The molecule has 0 saturated carbocycles. The van der Waals surface area contributed by atoms with E-state index < -0.39 is 12.1 Å². The standard InChI is InChI=1S/C12H22N2O3/c1-9(13-11(15)10(2)17-3)12(16)14-7-5-4-6-8-14/h9-10H,4-8H2,1-3H3,(H,13,15). The largest absolute Gasteiger partial charge is 0.372 e. The number of ether oxygens (including phenoxy) is 1. The number of nitrogens with one attached hydrogen (secondary N) is 1. The fraction of sp³-hybridized carbons (Fsp3) is 0.833. The Balaban J connectivity index is 2.43. The highest BCUT2D eigenvalue weighted by Crippen LogP contribution is 2.10. The third-order valence-corrected chi connectivity index (χ3v) is 3.12. The molecule has 0 aromatic heterocycles. The fourth-order valence-corrected chi connectivity index (χ4v) is 1.89. The van der Waals surface area contributed by atoms with Gasteiger partial charge in [0.2, 0.25) is 11.8 Å². The molecule has 0 bridgehead atoms. The molecule has 1 saturated heterocycles. The van der Waals surface area contributed by atoms with Crippen LogP contribution in [0.1, 0.15) is 33.1 Å². The Kier molecular flexibility index (Phi) is 5.41. The van der Waals surface area contributed by atoms with Crippen molar-refractivity contribution in [2.45, 2.75) is 45.3 Å². The van der Waals surface area contributed by atoms with Crippen molar-refractivity contribution in [1.29, 1.82) is 0 Å². The number of nitrogens with zero attached hydrogens (tertiary/aromatic N) is 1. The minimum Gasteiger partial charge on any atom is -0.372 e. The predicted molar refractivity (Wildman–Crippen MR) is 64.5 cm³/mol. The van der Waals surface area contributed by atoms with E-state index in [1.54, 1.807) is 13.8 Å². The van der Waals surface area contributed by atoms with Gasteiger partial charge in [-0.3, -0.25) is 9.59 Å². The van der Waals surface area contributed by atoms with E-state index in [1.807, 2.05) is 4.90 Å². The van der Waals surface area contributed by atoms with E-state index in [2.05, 4.69) is 5.32 Å². The lowest BCUT2D eigenvalue weighted by Crippen LogP contribution is -2.50. The average molecular weight is 242 g/mol. The maximum Gasteiger partial charge on any atom is 0.249 e. The number of carbonyl (C=O) groups is 2. The van der Waals surface area contributed by atoms with E-state index in [0.717, 1.165) is 25.9 Å². The second kappa shape index (κ2) is 6.59. The molecule has 17 heavy (non-hydrogen) atoms. The highest BCUT2D eigenvalue weighted by molar-refractivity contribution is 5.88. The summed E-state index contributed by atoms with van der Waals surface area (Å²) in [7, 11) is 1.47. The van der Waals surface area contributed by atoms with E-state index >= 15 is 0 Å². The van der Waals surface area contributed by atoms with Crippen LogP contribution in [0.3, 0.4) is 0 Å². The number of likely N-dealkylation sites (tertiary alicyclic amines) is 1. The molecular formula is C12H22N2O3. The molecule has 2 amide bonds. The second-order valence-electron chi connectivity index (χ2n) is 4.49. The van der Waals surface area contributed by atoms with E-state index in [4.69, 9.17) is 4.74 Å². The first-order valence-corrected chi connectivity index (χ1v) is 6.18. The minimum atomic E-state index is -0.522. The van der Waals surface area contributed by atoms with Gasteiger partial charge in [-0.15, -0.1) is 0 Å². The van der Waals surface area contributed by atoms with Crippen molar-refractivity contribution in [2.24, 2.45) is 0 Å². The highest BCUT2D eigenvalue weighted by Gasteiger charge is 2.24. The van der Waals surface area contributed by atoms with Crippen LogP contribution in [0, 0.1) is 0 Å². The first-order valence-electron chi connectivity index (χ1n) is 6.18. The van der Waals surface area contributed by atoms with E-state index in [9.17, 15) is 9.59 Å². The van der Waals surface area contributed by atoms with Crippen molar-refractivity contribution >= 4 is 11.8 Å². The molecule has 2 atom stereocenters. The first-order chi connectivity index (χ1) is 8.06. The number of amides is 2. The second-order valence-corrected chi connectivity index (χ2v) is 4.49. The van der Waals surface area contributed by atoms with Gasteiger partial charge in [0.1, 0.15) is 12.1 Å². The van der Waals surface area contributed by atoms with Crippen LogP contribution in [0.25, 0.3) is 0 Å². The molecule has 5 nitrogen and oxygen atoms in total. The summed E-state index contributed by atoms with van der Waals surface area (Å²) >= 11 is 0. The summed E-state index contributed by atoms with van der Waals surface area (Å²) in [5.74, 6) is -0.244. The van der Waals surface area contributed by atoms with Crippen molar-refractivity contribution in [1.82, 2.24) is 10.2 Å².